The molecule has 2 aliphatic rings. The molecule has 5 nitrogen and oxygen atoms in total. The van der Waals surface area contributed by atoms with Crippen molar-refractivity contribution in [3.63, 3.8) is 0 Å². The van der Waals surface area contributed by atoms with Gasteiger partial charge < -0.3 is 20.3 Å². The molecule has 2 fully saturated rings. The number of ether oxygens (including phenoxy) is 1. The fraction of sp³-hybridized carbons (Fsp3) is 0.562. The van der Waals surface area contributed by atoms with E-state index in [-0.39, 0.29) is 36.6 Å². The molecule has 0 unspecified atom stereocenters. The van der Waals surface area contributed by atoms with E-state index in [1.807, 2.05) is 18.2 Å². The Labute approximate surface area is 160 Å². The Morgan fingerprint density at radius 1 is 1.21 bits per heavy atom. The lowest BCUT2D eigenvalue weighted by molar-refractivity contribution is -0.120. The van der Waals surface area contributed by atoms with E-state index in [9.17, 15) is 4.79 Å². The molecule has 1 aromatic carbocycles. The Morgan fingerprint density at radius 3 is 2.54 bits per heavy atom. The number of nitrogens with one attached hydrogen (secondary N) is 2. The van der Waals surface area contributed by atoms with Crippen LogP contribution in [0, 0.1) is 5.92 Å². The number of rotatable bonds is 3. The summed E-state index contributed by atoms with van der Waals surface area (Å²) >= 11 is 6.39. The van der Waals surface area contributed by atoms with Gasteiger partial charge in [0, 0.05) is 19.0 Å². The molecular weight excluding hydrogens is 373 g/mol. The maximum atomic E-state index is 12.5. The number of hydrogen-bond donors (Lipinski definition) is 2. The van der Waals surface area contributed by atoms with E-state index < -0.39 is 0 Å². The van der Waals surface area contributed by atoms with Crippen molar-refractivity contribution in [2.45, 2.75) is 12.8 Å². The van der Waals surface area contributed by atoms with Crippen LogP contribution in [0.2, 0.25) is 5.02 Å². The molecule has 2 aliphatic heterocycles. The predicted molar refractivity (Wildman–Crippen MR) is 103 cm³/mol. The van der Waals surface area contributed by atoms with Gasteiger partial charge in [0.2, 0.25) is 5.91 Å². The molecule has 0 atom stereocenters. The van der Waals surface area contributed by atoms with Crippen LogP contribution in [0.1, 0.15) is 12.8 Å². The summed E-state index contributed by atoms with van der Waals surface area (Å²) in [6, 6.07) is 5.67. The van der Waals surface area contributed by atoms with Crippen LogP contribution in [0.5, 0.6) is 0 Å². The van der Waals surface area contributed by atoms with Gasteiger partial charge in [-0.05, 0) is 38.1 Å². The number of para-hydroxylation sites is 1. The van der Waals surface area contributed by atoms with Gasteiger partial charge in [-0.3, -0.25) is 4.79 Å². The van der Waals surface area contributed by atoms with Crippen LogP contribution in [-0.4, -0.2) is 45.3 Å². The van der Waals surface area contributed by atoms with Gasteiger partial charge >= 0.3 is 0 Å². The monoisotopic (exact) mass is 395 g/mol. The maximum Gasteiger partial charge on any atom is 0.227 e. The molecule has 2 N–H and O–H groups in total. The lowest BCUT2D eigenvalue weighted by Crippen LogP contribution is -2.38. The smallest absolute Gasteiger partial charge is 0.227 e. The molecule has 0 aromatic heterocycles. The van der Waals surface area contributed by atoms with E-state index in [4.69, 9.17) is 16.3 Å². The Kier molecular flexibility index (Phi) is 9.16. The van der Waals surface area contributed by atoms with E-state index >= 15 is 0 Å². The minimum absolute atomic E-state index is 0. The molecule has 0 radical (unpaired) electrons. The highest BCUT2D eigenvalue weighted by atomic mass is 35.5. The molecule has 2 heterocycles. The predicted octanol–water partition coefficient (Wildman–Crippen LogP) is 2.96. The molecule has 136 valence electrons. The van der Waals surface area contributed by atoms with Gasteiger partial charge in [-0.2, -0.15) is 0 Å². The summed E-state index contributed by atoms with van der Waals surface area (Å²) in [4.78, 5) is 14.7. The van der Waals surface area contributed by atoms with Crippen molar-refractivity contribution >= 4 is 53.7 Å². The van der Waals surface area contributed by atoms with E-state index in [0.29, 0.717) is 18.2 Å². The summed E-state index contributed by atoms with van der Waals surface area (Å²) in [5.41, 5.74) is 1.72. The second kappa shape index (κ2) is 10.3. The lowest BCUT2D eigenvalue weighted by atomic mass is 9.97. The molecule has 0 saturated carbocycles. The van der Waals surface area contributed by atoms with Crippen LogP contribution in [0.4, 0.5) is 11.4 Å². The molecular formula is C16H24Cl3N3O2. The summed E-state index contributed by atoms with van der Waals surface area (Å²) in [6.07, 6.45) is 1.78. The highest BCUT2D eigenvalue weighted by Gasteiger charge is 2.24. The second-order valence-corrected chi connectivity index (χ2v) is 6.16. The third kappa shape index (κ3) is 5.14. The van der Waals surface area contributed by atoms with E-state index in [2.05, 4.69) is 15.5 Å². The van der Waals surface area contributed by atoms with Crippen LogP contribution in [0.15, 0.2) is 18.2 Å². The molecule has 1 aromatic rings. The third-order valence-electron chi connectivity index (χ3n) is 4.28. The van der Waals surface area contributed by atoms with Crippen molar-refractivity contribution in [1.29, 1.82) is 0 Å². The van der Waals surface area contributed by atoms with Crippen molar-refractivity contribution in [3.8, 4) is 0 Å². The van der Waals surface area contributed by atoms with Crippen LogP contribution in [-0.2, 0) is 9.53 Å². The van der Waals surface area contributed by atoms with Gasteiger partial charge in [0.1, 0.15) is 0 Å². The summed E-state index contributed by atoms with van der Waals surface area (Å²) < 4.78 is 5.40. The number of piperidine rings is 1. The molecule has 0 bridgehead atoms. The average molecular weight is 397 g/mol. The standard InChI is InChI=1S/C16H22ClN3O2.2ClH/c17-13-2-1-3-14(15(13)20-8-10-22-11-9-20)19-16(21)12-4-6-18-7-5-12;;/h1-3,12,18H,4-11H2,(H,19,21);2*1H. The number of hydrogen-bond acceptors (Lipinski definition) is 4. The number of amides is 1. The van der Waals surface area contributed by atoms with Crippen LogP contribution >= 0.6 is 36.4 Å². The second-order valence-electron chi connectivity index (χ2n) is 5.75. The number of carbonyl (C=O) groups is 1. The summed E-state index contributed by atoms with van der Waals surface area (Å²) in [5, 5.41) is 7.04. The number of morpholine rings is 1. The zero-order chi connectivity index (χ0) is 15.4. The van der Waals surface area contributed by atoms with Crippen molar-refractivity contribution in [3.05, 3.63) is 23.2 Å². The van der Waals surface area contributed by atoms with Gasteiger partial charge in [0.15, 0.2) is 0 Å². The van der Waals surface area contributed by atoms with Gasteiger partial charge in [0.05, 0.1) is 29.6 Å². The van der Waals surface area contributed by atoms with Gasteiger partial charge in [-0.25, -0.2) is 0 Å². The molecule has 2 saturated heterocycles. The summed E-state index contributed by atoms with van der Waals surface area (Å²) in [5.74, 6) is 0.177. The first-order chi connectivity index (χ1) is 10.8. The van der Waals surface area contributed by atoms with Gasteiger partial charge in [0.25, 0.3) is 0 Å². The van der Waals surface area contributed by atoms with Crippen molar-refractivity contribution in [2.75, 3.05) is 49.6 Å². The van der Waals surface area contributed by atoms with Gasteiger partial charge in [-0.1, -0.05) is 17.7 Å². The molecule has 3 rings (SSSR count). The average Bonchev–Trinajstić information content (AvgIpc) is 2.56. The number of benzene rings is 1. The molecule has 0 spiro atoms. The number of nitrogens with zero attached hydrogens (tertiary/aromatic N) is 1. The zero-order valence-corrected chi connectivity index (χ0v) is 15.8. The highest BCUT2D eigenvalue weighted by Crippen LogP contribution is 2.35. The zero-order valence-electron chi connectivity index (χ0n) is 13.4. The van der Waals surface area contributed by atoms with E-state index in [1.165, 1.54) is 0 Å². The maximum absolute atomic E-state index is 12.5. The molecule has 24 heavy (non-hydrogen) atoms. The Balaban J connectivity index is 0.00000144. The van der Waals surface area contributed by atoms with Crippen molar-refractivity contribution in [1.82, 2.24) is 5.32 Å². The fourth-order valence-electron chi connectivity index (χ4n) is 3.04. The van der Waals surface area contributed by atoms with Crippen molar-refractivity contribution < 1.29 is 9.53 Å². The van der Waals surface area contributed by atoms with E-state index in [0.717, 1.165) is 50.4 Å². The topological polar surface area (TPSA) is 53.6 Å². The third-order valence-corrected chi connectivity index (χ3v) is 4.59. The Bertz CT molecular complexity index is 533. The lowest BCUT2D eigenvalue weighted by Gasteiger charge is -2.31. The molecule has 1 amide bonds. The first-order valence-corrected chi connectivity index (χ1v) is 8.26. The number of halogens is 3. The minimum atomic E-state index is 0. The molecule has 0 aliphatic carbocycles. The SMILES string of the molecule is Cl.Cl.O=C(Nc1cccc(Cl)c1N1CCOCC1)C1CCNCC1. The first kappa shape index (κ1) is 21.3. The van der Waals surface area contributed by atoms with E-state index in [1.54, 1.807) is 0 Å². The highest BCUT2D eigenvalue weighted by molar-refractivity contribution is 6.34. The minimum Gasteiger partial charge on any atom is -0.378 e. The number of carbonyl (C=O) groups excluding carboxylic acids is 1. The quantitative estimate of drug-likeness (QED) is 0.825. The van der Waals surface area contributed by atoms with Crippen LogP contribution in [0.3, 0.4) is 0 Å². The largest absolute Gasteiger partial charge is 0.378 e. The Hall–Kier alpha value is -0.720. The van der Waals surface area contributed by atoms with Gasteiger partial charge in [-0.15, -0.1) is 24.8 Å². The van der Waals surface area contributed by atoms with Crippen molar-refractivity contribution in [2.24, 2.45) is 5.92 Å². The first-order valence-electron chi connectivity index (χ1n) is 7.88. The summed E-state index contributed by atoms with van der Waals surface area (Å²) in [7, 11) is 0. The Morgan fingerprint density at radius 2 is 1.88 bits per heavy atom. The number of anilines is 2. The van der Waals surface area contributed by atoms with Crippen LogP contribution in [0.25, 0.3) is 0 Å². The summed E-state index contributed by atoms with van der Waals surface area (Å²) in [6.45, 7) is 4.77. The normalized spacial score (nSPS) is 18.3. The molecule has 8 heteroatoms. The fourth-order valence-corrected chi connectivity index (χ4v) is 3.34. The van der Waals surface area contributed by atoms with Crippen LogP contribution < -0.4 is 15.5 Å².